The second kappa shape index (κ2) is 5.69. The number of nitrogens with zero attached hydrogens (tertiary/aromatic N) is 1. The highest BCUT2D eigenvalue weighted by Crippen LogP contribution is 2.21. The molecule has 1 aromatic carbocycles. The quantitative estimate of drug-likeness (QED) is 0.836. The molecule has 2 rings (SSSR count). The van der Waals surface area contributed by atoms with Crippen LogP contribution < -0.4 is 0 Å². The van der Waals surface area contributed by atoms with Crippen molar-refractivity contribution in [1.29, 1.82) is 0 Å². The van der Waals surface area contributed by atoms with Gasteiger partial charge in [0.25, 0.3) is 5.91 Å². The Bertz CT molecular complexity index is 474. The third-order valence-electron chi connectivity index (χ3n) is 3.04. The second-order valence-corrected chi connectivity index (χ2v) is 4.34. The lowest BCUT2D eigenvalue weighted by Crippen LogP contribution is -2.45. The Morgan fingerprint density at radius 1 is 1.26 bits per heavy atom. The molecule has 0 bridgehead atoms. The number of hydrogen-bond donors (Lipinski definition) is 1. The molecule has 1 unspecified atom stereocenters. The van der Waals surface area contributed by atoms with Gasteiger partial charge in [0.15, 0.2) is 6.23 Å². The van der Waals surface area contributed by atoms with Gasteiger partial charge in [-0.05, 0) is 37.1 Å². The molecule has 1 saturated heterocycles. The summed E-state index contributed by atoms with van der Waals surface area (Å²) in [6, 6.07) is 5.16. The molecule has 0 spiro atoms. The first-order valence-corrected chi connectivity index (χ1v) is 6.04. The Morgan fingerprint density at radius 2 is 1.95 bits per heavy atom. The fourth-order valence-electron chi connectivity index (χ4n) is 2.13. The highest BCUT2D eigenvalue weighted by atomic mass is 19.1. The van der Waals surface area contributed by atoms with E-state index in [0.29, 0.717) is 18.5 Å². The molecule has 1 fully saturated rings. The van der Waals surface area contributed by atoms with Gasteiger partial charge in [-0.2, -0.15) is 0 Å². The van der Waals surface area contributed by atoms with Gasteiger partial charge in [0.2, 0.25) is 0 Å². The van der Waals surface area contributed by atoms with E-state index in [2.05, 4.69) is 0 Å². The van der Waals surface area contributed by atoms with E-state index in [-0.39, 0.29) is 5.91 Å². The summed E-state index contributed by atoms with van der Waals surface area (Å²) >= 11 is 0. The van der Waals surface area contributed by atoms with Crippen LogP contribution in [0.3, 0.4) is 0 Å². The lowest BCUT2D eigenvalue weighted by molar-refractivity contribution is -0.0413. The van der Waals surface area contributed by atoms with E-state index in [1.54, 1.807) is 0 Å². The molecular weight excluding hydrogens is 253 g/mol. The number of hydrogen-bond acceptors (Lipinski definition) is 3. The molecule has 1 amide bonds. The Morgan fingerprint density at radius 3 is 2.58 bits per heavy atom. The highest BCUT2D eigenvalue weighted by molar-refractivity contribution is 5.94. The van der Waals surface area contributed by atoms with Crippen LogP contribution in [0.5, 0.6) is 0 Å². The van der Waals surface area contributed by atoms with Crippen LogP contribution in [0.2, 0.25) is 0 Å². The number of piperidine rings is 1. The Hall–Kier alpha value is -2.11. The first kappa shape index (κ1) is 13.3. The molecule has 19 heavy (non-hydrogen) atoms. The number of amides is 1. The number of carboxylic acid groups (broad SMARTS) is 1. The minimum atomic E-state index is -1.40. The van der Waals surface area contributed by atoms with Crippen molar-refractivity contribution in [3.63, 3.8) is 0 Å². The maximum Gasteiger partial charge on any atom is 0.507 e. The molecular formula is C13H14FNO4. The molecule has 1 heterocycles. The maximum absolute atomic E-state index is 12.8. The van der Waals surface area contributed by atoms with E-state index < -0.39 is 18.2 Å². The van der Waals surface area contributed by atoms with Crippen LogP contribution >= 0.6 is 0 Å². The molecule has 0 radical (unpaired) electrons. The second-order valence-electron chi connectivity index (χ2n) is 4.34. The average Bonchev–Trinajstić information content (AvgIpc) is 2.39. The summed E-state index contributed by atoms with van der Waals surface area (Å²) in [5.41, 5.74) is 0.322. The third-order valence-corrected chi connectivity index (χ3v) is 3.04. The first-order valence-electron chi connectivity index (χ1n) is 6.04. The number of likely N-dealkylation sites (tertiary alicyclic amines) is 1. The Labute approximate surface area is 109 Å². The predicted molar refractivity (Wildman–Crippen MR) is 64.2 cm³/mol. The average molecular weight is 267 g/mol. The van der Waals surface area contributed by atoms with E-state index in [0.717, 1.165) is 12.8 Å². The molecule has 1 aliphatic heterocycles. The zero-order valence-corrected chi connectivity index (χ0v) is 10.2. The van der Waals surface area contributed by atoms with Crippen molar-refractivity contribution in [2.24, 2.45) is 0 Å². The van der Waals surface area contributed by atoms with Crippen LogP contribution in [0.4, 0.5) is 9.18 Å². The van der Waals surface area contributed by atoms with Gasteiger partial charge in [-0.1, -0.05) is 0 Å². The van der Waals surface area contributed by atoms with Gasteiger partial charge in [0, 0.05) is 18.5 Å². The number of carbonyl (C=O) groups excluding carboxylic acids is 1. The van der Waals surface area contributed by atoms with E-state index in [4.69, 9.17) is 9.84 Å². The number of ether oxygens (including phenoxy) is 1. The van der Waals surface area contributed by atoms with Crippen molar-refractivity contribution in [3.8, 4) is 0 Å². The summed E-state index contributed by atoms with van der Waals surface area (Å²) < 4.78 is 17.5. The summed E-state index contributed by atoms with van der Waals surface area (Å²) in [6.07, 6.45) is -0.0656. The molecule has 1 aliphatic rings. The normalized spacial score (nSPS) is 19.0. The number of rotatable bonds is 2. The zero-order chi connectivity index (χ0) is 13.8. The molecule has 0 aliphatic carbocycles. The van der Waals surface area contributed by atoms with Gasteiger partial charge in [-0.15, -0.1) is 0 Å². The molecule has 1 N–H and O–H groups in total. The van der Waals surface area contributed by atoms with Crippen LogP contribution in [-0.4, -0.2) is 34.8 Å². The Balaban J connectivity index is 2.15. The molecule has 0 aromatic heterocycles. The molecule has 6 heteroatoms. The van der Waals surface area contributed by atoms with E-state index >= 15 is 0 Å². The maximum atomic E-state index is 12.8. The fourth-order valence-corrected chi connectivity index (χ4v) is 2.13. The monoisotopic (exact) mass is 267 g/mol. The number of carbonyl (C=O) groups is 2. The largest absolute Gasteiger partial charge is 0.507 e. The van der Waals surface area contributed by atoms with E-state index in [9.17, 15) is 14.0 Å². The van der Waals surface area contributed by atoms with Gasteiger partial charge < -0.3 is 14.7 Å². The smallest absolute Gasteiger partial charge is 0.450 e. The fraction of sp³-hybridized carbons (Fsp3) is 0.385. The van der Waals surface area contributed by atoms with Gasteiger partial charge in [-0.3, -0.25) is 4.79 Å². The summed E-state index contributed by atoms with van der Waals surface area (Å²) in [5.74, 6) is -0.764. The van der Waals surface area contributed by atoms with Gasteiger partial charge in [0.1, 0.15) is 5.82 Å². The van der Waals surface area contributed by atoms with Gasteiger partial charge in [0.05, 0.1) is 0 Å². The van der Waals surface area contributed by atoms with Crippen molar-refractivity contribution >= 4 is 12.1 Å². The van der Waals surface area contributed by atoms with Crippen LogP contribution in [-0.2, 0) is 4.74 Å². The van der Waals surface area contributed by atoms with Crippen molar-refractivity contribution < 1.29 is 23.8 Å². The number of halogens is 1. The predicted octanol–water partition coefficient (Wildman–Crippen LogP) is 2.47. The van der Waals surface area contributed by atoms with E-state index in [1.165, 1.54) is 29.2 Å². The summed E-state index contributed by atoms with van der Waals surface area (Å²) in [6.45, 7) is 0.439. The molecule has 1 aromatic rings. The van der Waals surface area contributed by atoms with Crippen molar-refractivity contribution in [1.82, 2.24) is 4.90 Å². The lowest BCUT2D eigenvalue weighted by Gasteiger charge is -2.34. The highest BCUT2D eigenvalue weighted by Gasteiger charge is 2.30. The van der Waals surface area contributed by atoms with Crippen LogP contribution in [0, 0.1) is 5.82 Å². The molecule has 1 atom stereocenters. The van der Waals surface area contributed by atoms with Crippen molar-refractivity contribution in [3.05, 3.63) is 35.6 Å². The van der Waals surface area contributed by atoms with Gasteiger partial charge >= 0.3 is 6.16 Å². The minimum absolute atomic E-state index is 0.322. The number of benzene rings is 1. The van der Waals surface area contributed by atoms with Crippen LogP contribution in [0.25, 0.3) is 0 Å². The van der Waals surface area contributed by atoms with E-state index in [1.807, 2.05) is 0 Å². The molecule has 5 nitrogen and oxygen atoms in total. The van der Waals surface area contributed by atoms with Crippen molar-refractivity contribution in [2.45, 2.75) is 25.5 Å². The molecule has 102 valence electrons. The first-order chi connectivity index (χ1) is 9.08. The van der Waals surface area contributed by atoms with Crippen molar-refractivity contribution in [2.75, 3.05) is 6.54 Å². The van der Waals surface area contributed by atoms with Crippen LogP contribution in [0.1, 0.15) is 29.6 Å². The summed E-state index contributed by atoms with van der Waals surface area (Å²) in [7, 11) is 0. The SMILES string of the molecule is O=C(O)OC1CCCCN1C(=O)c1ccc(F)cc1. The third kappa shape index (κ3) is 3.21. The minimum Gasteiger partial charge on any atom is -0.450 e. The zero-order valence-electron chi connectivity index (χ0n) is 10.2. The Kier molecular flexibility index (Phi) is 3.99. The standard InChI is InChI=1S/C13H14FNO4/c14-10-6-4-9(5-7-10)12(16)15-8-2-1-3-11(15)19-13(17)18/h4-7,11H,1-3,8H2,(H,17,18). The topological polar surface area (TPSA) is 66.8 Å². The summed E-state index contributed by atoms with van der Waals surface area (Å²) in [4.78, 5) is 24.2. The van der Waals surface area contributed by atoms with Crippen LogP contribution in [0.15, 0.2) is 24.3 Å². The molecule has 0 saturated carbocycles. The van der Waals surface area contributed by atoms with Gasteiger partial charge in [-0.25, -0.2) is 9.18 Å². The lowest BCUT2D eigenvalue weighted by atomic mass is 10.1. The summed E-state index contributed by atoms with van der Waals surface area (Å²) in [5, 5.41) is 8.66.